The number of aryl methyl sites for hydroxylation is 1. The summed E-state index contributed by atoms with van der Waals surface area (Å²) in [5, 5.41) is 3.01. The lowest BCUT2D eigenvalue weighted by atomic mass is 9.79. The molecule has 0 saturated carbocycles. The SMILES string of the molecule is CCOC(=O)C1C2NC(=O)N(c3cccc(C)c3)C1(C)Oc1c(OCC)cccc12. The van der Waals surface area contributed by atoms with Crippen LogP contribution in [0.15, 0.2) is 42.5 Å². The van der Waals surface area contributed by atoms with Crippen LogP contribution in [-0.2, 0) is 9.53 Å². The number of hydrogen-bond acceptors (Lipinski definition) is 5. The number of amides is 2. The van der Waals surface area contributed by atoms with Crippen molar-refractivity contribution in [1.29, 1.82) is 0 Å². The van der Waals surface area contributed by atoms with Crippen molar-refractivity contribution in [2.45, 2.75) is 39.5 Å². The zero-order valence-corrected chi connectivity index (χ0v) is 17.6. The molecule has 0 aliphatic carbocycles. The molecule has 4 rings (SSSR count). The fraction of sp³-hybridized carbons (Fsp3) is 0.391. The van der Waals surface area contributed by atoms with Crippen LogP contribution in [0, 0.1) is 12.8 Å². The summed E-state index contributed by atoms with van der Waals surface area (Å²) >= 11 is 0. The second-order valence-corrected chi connectivity index (χ2v) is 7.60. The molecule has 2 aliphatic rings. The highest BCUT2D eigenvalue weighted by molar-refractivity contribution is 5.97. The van der Waals surface area contributed by atoms with Crippen LogP contribution in [0.5, 0.6) is 11.5 Å². The van der Waals surface area contributed by atoms with E-state index in [1.807, 2.05) is 56.3 Å². The van der Waals surface area contributed by atoms with Crippen LogP contribution in [0.25, 0.3) is 0 Å². The zero-order valence-electron chi connectivity index (χ0n) is 17.6. The molecule has 2 aromatic carbocycles. The minimum absolute atomic E-state index is 0.238. The second kappa shape index (κ2) is 7.55. The van der Waals surface area contributed by atoms with Crippen LogP contribution in [0.2, 0.25) is 0 Å². The summed E-state index contributed by atoms with van der Waals surface area (Å²) < 4.78 is 17.6. The largest absolute Gasteiger partial charge is 0.490 e. The fourth-order valence-electron chi connectivity index (χ4n) is 4.39. The highest BCUT2D eigenvalue weighted by atomic mass is 16.6. The van der Waals surface area contributed by atoms with Gasteiger partial charge in [0.05, 0.1) is 19.3 Å². The van der Waals surface area contributed by atoms with E-state index in [-0.39, 0.29) is 12.6 Å². The molecule has 2 aromatic rings. The molecule has 3 unspecified atom stereocenters. The summed E-state index contributed by atoms with van der Waals surface area (Å²) in [7, 11) is 0. The number of rotatable bonds is 5. The van der Waals surface area contributed by atoms with Crippen LogP contribution in [0.3, 0.4) is 0 Å². The van der Waals surface area contributed by atoms with Gasteiger partial charge in [-0.05, 0) is 51.5 Å². The highest BCUT2D eigenvalue weighted by Crippen LogP contribution is 2.52. The minimum atomic E-state index is -1.30. The number of urea groups is 1. The molecule has 7 nitrogen and oxygen atoms in total. The molecule has 2 heterocycles. The number of nitrogens with zero attached hydrogens (tertiary/aromatic N) is 1. The average molecular weight is 410 g/mol. The molecule has 1 N–H and O–H groups in total. The van der Waals surface area contributed by atoms with Crippen molar-refractivity contribution in [3.05, 3.63) is 53.6 Å². The van der Waals surface area contributed by atoms with Gasteiger partial charge in [0.2, 0.25) is 5.72 Å². The molecular formula is C23H26N2O5. The molecule has 2 bridgehead atoms. The molecule has 2 amide bonds. The number of hydrogen-bond donors (Lipinski definition) is 1. The molecule has 3 atom stereocenters. The minimum Gasteiger partial charge on any atom is -0.490 e. The van der Waals surface area contributed by atoms with Gasteiger partial charge < -0.3 is 19.5 Å². The maximum absolute atomic E-state index is 13.2. The van der Waals surface area contributed by atoms with Crippen molar-refractivity contribution >= 4 is 17.7 Å². The molecule has 1 fully saturated rings. The molecule has 0 aromatic heterocycles. The summed E-state index contributed by atoms with van der Waals surface area (Å²) in [6.45, 7) is 8.07. The van der Waals surface area contributed by atoms with E-state index >= 15 is 0 Å². The number of ether oxygens (including phenoxy) is 3. The van der Waals surface area contributed by atoms with Gasteiger partial charge in [0.25, 0.3) is 0 Å². The lowest BCUT2D eigenvalue weighted by molar-refractivity contribution is -0.160. The van der Waals surface area contributed by atoms with E-state index in [0.717, 1.165) is 5.56 Å². The molecule has 158 valence electrons. The van der Waals surface area contributed by atoms with Gasteiger partial charge in [-0.2, -0.15) is 0 Å². The first-order valence-electron chi connectivity index (χ1n) is 10.2. The van der Waals surface area contributed by atoms with Crippen molar-refractivity contribution in [2.75, 3.05) is 18.1 Å². The third kappa shape index (κ3) is 3.05. The Kier molecular flexibility index (Phi) is 5.05. The van der Waals surface area contributed by atoms with Gasteiger partial charge in [-0.15, -0.1) is 0 Å². The lowest BCUT2D eigenvalue weighted by Gasteiger charge is -2.54. The van der Waals surface area contributed by atoms with Gasteiger partial charge in [-0.1, -0.05) is 24.3 Å². The number of carbonyl (C=O) groups is 2. The highest BCUT2D eigenvalue weighted by Gasteiger charge is 2.61. The van der Waals surface area contributed by atoms with E-state index < -0.39 is 23.7 Å². The third-order valence-electron chi connectivity index (χ3n) is 5.59. The average Bonchev–Trinajstić information content (AvgIpc) is 2.68. The topological polar surface area (TPSA) is 77.1 Å². The summed E-state index contributed by atoms with van der Waals surface area (Å²) in [6, 6.07) is 12.1. The number of esters is 1. The van der Waals surface area contributed by atoms with Gasteiger partial charge >= 0.3 is 12.0 Å². The number of para-hydroxylation sites is 1. The monoisotopic (exact) mass is 410 g/mol. The van der Waals surface area contributed by atoms with E-state index in [0.29, 0.717) is 29.4 Å². The van der Waals surface area contributed by atoms with Crippen LogP contribution >= 0.6 is 0 Å². The van der Waals surface area contributed by atoms with Crippen molar-refractivity contribution in [3.63, 3.8) is 0 Å². The first-order valence-corrected chi connectivity index (χ1v) is 10.2. The van der Waals surface area contributed by atoms with E-state index in [1.165, 1.54) is 4.90 Å². The Labute approximate surface area is 175 Å². The normalized spacial score (nSPS) is 24.4. The first-order chi connectivity index (χ1) is 14.4. The van der Waals surface area contributed by atoms with Crippen LogP contribution in [-0.4, -0.2) is 30.9 Å². The van der Waals surface area contributed by atoms with Crippen molar-refractivity contribution in [1.82, 2.24) is 5.32 Å². The molecule has 7 heteroatoms. The van der Waals surface area contributed by atoms with Gasteiger partial charge in [-0.3, -0.25) is 9.69 Å². The van der Waals surface area contributed by atoms with Gasteiger partial charge in [0.1, 0.15) is 5.92 Å². The Morgan fingerprint density at radius 1 is 1.20 bits per heavy atom. The van der Waals surface area contributed by atoms with E-state index in [9.17, 15) is 9.59 Å². The molecule has 30 heavy (non-hydrogen) atoms. The quantitative estimate of drug-likeness (QED) is 0.755. The Hall–Kier alpha value is -3.22. The van der Waals surface area contributed by atoms with Crippen molar-refractivity contribution < 1.29 is 23.8 Å². The maximum Gasteiger partial charge on any atom is 0.325 e. The van der Waals surface area contributed by atoms with Crippen LogP contribution in [0.4, 0.5) is 10.5 Å². The maximum atomic E-state index is 13.2. The molecule has 0 radical (unpaired) electrons. The predicted octanol–water partition coefficient (Wildman–Crippen LogP) is 3.95. The summed E-state index contributed by atoms with van der Waals surface area (Å²) in [4.78, 5) is 27.8. The second-order valence-electron chi connectivity index (χ2n) is 7.60. The Bertz CT molecular complexity index is 991. The number of carbonyl (C=O) groups excluding carboxylic acids is 2. The van der Waals surface area contributed by atoms with Crippen molar-refractivity contribution in [2.24, 2.45) is 5.92 Å². The number of anilines is 1. The predicted molar refractivity (Wildman–Crippen MR) is 112 cm³/mol. The number of nitrogens with one attached hydrogen (secondary N) is 1. The van der Waals surface area contributed by atoms with Crippen LogP contribution in [0.1, 0.15) is 37.9 Å². The Balaban J connectivity index is 1.91. The molecule has 2 aliphatic heterocycles. The first kappa shape index (κ1) is 20.1. The molecule has 0 spiro atoms. The van der Waals surface area contributed by atoms with E-state index in [1.54, 1.807) is 13.8 Å². The smallest absolute Gasteiger partial charge is 0.325 e. The van der Waals surface area contributed by atoms with E-state index in [4.69, 9.17) is 14.2 Å². The van der Waals surface area contributed by atoms with Gasteiger partial charge in [-0.25, -0.2) is 4.79 Å². The number of benzene rings is 2. The molecule has 1 saturated heterocycles. The molecular weight excluding hydrogens is 384 g/mol. The summed E-state index contributed by atoms with van der Waals surface area (Å²) in [5.74, 6) is -0.0749. The third-order valence-corrected chi connectivity index (χ3v) is 5.59. The summed E-state index contributed by atoms with van der Waals surface area (Å²) in [5.41, 5.74) is 1.03. The van der Waals surface area contributed by atoms with Crippen LogP contribution < -0.4 is 19.7 Å². The standard InChI is InChI=1S/C23H26N2O5/c1-5-28-17-12-8-11-16-19-18(21(26)29-6-2)23(4,30-20(16)17)25(22(27)24-19)15-10-7-9-14(3)13-15/h7-13,18-19H,5-6H2,1-4H3,(H,24,27). The summed E-state index contributed by atoms with van der Waals surface area (Å²) in [6.07, 6.45) is 0. The lowest BCUT2D eigenvalue weighted by Crippen LogP contribution is -2.71. The number of fused-ring (bicyclic) bond motifs is 4. The van der Waals surface area contributed by atoms with Gasteiger partial charge in [0, 0.05) is 11.3 Å². The zero-order chi connectivity index (χ0) is 21.5. The van der Waals surface area contributed by atoms with Crippen molar-refractivity contribution in [3.8, 4) is 11.5 Å². The van der Waals surface area contributed by atoms with E-state index in [2.05, 4.69) is 5.32 Å². The van der Waals surface area contributed by atoms with Gasteiger partial charge in [0.15, 0.2) is 11.5 Å². The fourth-order valence-corrected chi connectivity index (χ4v) is 4.39. The Morgan fingerprint density at radius 3 is 2.67 bits per heavy atom. The Morgan fingerprint density at radius 2 is 1.97 bits per heavy atom.